The predicted octanol–water partition coefficient (Wildman–Crippen LogP) is 4.45. The van der Waals surface area contributed by atoms with Crippen molar-refractivity contribution in [2.24, 2.45) is 0 Å². The average molecular weight is 485 g/mol. The van der Waals surface area contributed by atoms with E-state index in [1.54, 1.807) is 18.3 Å². The van der Waals surface area contributed by atoms with Gasteiger partial charge in [-0.15, -0.1) is 0 Å². The van der Waals surface area contributed by atoms with E-state index in [0.29, 0.717) is 47.7 Å². The van der Waals surface area contributed by atoms with Crippen LogP contribution in [0.3, 0.4) is 0 Å². The summed E-state index contributed by atoms with van der Waals surface area (Å²) in [6.07, 6.45) is 4.48. The van der Waals surface area contributed by atoms with Crippen LogP contribution < -0.4 is 10.2 Å². The molecule has 174 valence electrons. The molecule has 3 heterocycles. The van der Waals surface area contributed by atoms with Gasteiger partial charge in [0.05, 0.1) is 17.2 Å². The number of aliphatic hydroxyl groups is 1. The molecule has 0 bridgehead atoms. The fraction of sp³-hybridized carbons (Fsp3) is 0.217. The maximum atomic E-state index is 12.9. The molecule has 1 amide bonds. The van der Waals surface area contributed by atoms with Gasteiger partial charge in [-0.05, 0) is 54.6 Å². The number of amides is 1. The van der Waals surface area contributed by atoms with Crippen LogP contribution in [0.1, 0.15) is 22.3 Å². The Morgan fingerprint density at radius 2 is 1.97 bits per heavy atom. The molecule has 4 rings (SSSR count). The SMILES string of the molecule is N#Cc1cncc(-c2cc(C(=O)Nc3ccc(SC(F)(F)F)cc3)cnc2N2CC[C@@H](O)C2)c1. The van der Waals surface area contributed by atoms with Gasteiger partial charge >= 0.3 is 5.51 Å². The minimum absolute atomic E-state index is 0.0106. The Balaban J connectivity index is 1.62. The summed E-state index contributed by atoms with van der Waals surface area (Å²) in [7, 11) is 0. The number of halogens is 3. The molecule has 11 heteroatoms. The molecule has 0 radical (unpaired) electrons. The molecule has 3 aromatic rings. The van der Waals surface area contributed by atoms with E-state index < -0.39 is 17.5 Å². The van der Waals surface area contributed by atoms with Crippen LogP contribution >= 0.6 is 11.8 Å². The third-order valence-electron chi connectivity index (χ3n) is 5.12. The second-order valence-corrected chi connectivity index (χ2v) is 8.72. The lowest BCUT2D eigenvalue weighted by Crippen LogP contribution is -2.23. The number of hydrogen-bond acceptors (Lipinski definition) is 7. The molecular formula is C23H18F3N5O2S. The zero-order valence-electron chi connectivity index (χ0n) is 17.6. The van der Waals surface area contributed by atoms with Crippen molar-refractivity contribution >= 4 is 29.2 Å². The molecule has 1 saturated heterocycles. The van der Waals surface area contributed by atoms with Gasteiger partial charge in [-0.1, -0.05) is 0 Å². The van der Waals surface area contributed by atoms with Crippen LogP contribution in [-0.2, 0) is 0 Å². The van der Waals surface area contributed by atoms with Crippen molar-refractivity contribution in [2.75, 3.05) is 23.3 Å². The number of β-amino-alcohol motifs (C(OH)–C–C–N with tert-alkyl or cyclic N) is 1. The number of carbonyl (C=O) groups excluding carboxylic acids is 1. The molecular weight excluding hydrogens is 467 g/mol. The van der Waals surface area contributed by atoms with Crippen LogP contribution in [0.15, 0.2) is 59.9 Å². The summed E-state index contributed by atoms with van der Waals surface area (Å²) in [6, 6.07) is 10.6. The maximum absolute atomic E-state index is 12.9. The summed E-state index contributed by atoms with van der Waals surface area (Å²) in [5, 5.41) is 21.8. The van der Waals surface area contributed by atoms with Crippen LogP contribution in [0, 0.1) is 11.3 Å². The molecule has 2 aromatic heterocycles. The fourth-order valence-electron chi connectivity index (χ4n) is 3.57. The van der Waals surface area contributed by atoms with E-state index in [4.69, 9.17) is 0 Å². The van der Waals surface area contributed by atoms with E-state index in [0.717, 1.165) is 0 Å². The van der Waals surface area contributed by atoms with E-state index in [1.807, 2.05) is 11.0 Å². The summed E-state index contributed by atoms with van der Waals surface area (Å²) >= 11 is -0.233. The Hall–Kier alpha value is -3.62. The van der Waals surface area contributed by atoms with Gasteiger partial charge in [-0.2, -0.15) is 18.4 Å². The standard InChI is InChI=1S/C23H18F3N5O2S/c24-23(25,26)34-19-3-1-17(2-4-19)30-22(33)16-8-20(15-7-14(9-27)10-28-11-15)21(29-12-16)31-6-5-18(32)13-31/h1-4,7-8,10-12,18,32H,5-6,13H2,(H,30,33)/t18-/m1/s1. The van der Waals surface area contributed by atoms with Crippen LogP contribution in [0.4, 0.5) is 24.7 Å². The lowest BCUT2D eigenvalue weighted by atomic mass is 10.0. The Kier molecular flexibility index (Phi) is 6.72. The number of nitrogens with one attached hydrogen (secondary N) is 1. The van der Waals surface area contributed by atoms with Crippen molar-refractivity contribution in [3.8, 4) is 17.2 Å². The fourth-order valence-corrected chi connectivity index (χ4v) is 4.11. The summed E-state index contributed by atoms with van der Waals surface area (Å²) < 4.78 is 37.5. The molecule has 7 nitrogen and oxygen atoms in total. The van der Waals surface area contributed by atoms with Gasteiger partial charge in [0, 0.05) is 53.4 Å². The Labute approximate surface area is 197 Å². The first kappa shape index (κ1) is 23.5. The van der Waals surface area contributed by atoms with E-state index in [9.17, 15) is 28.3 Å². The molecule has 0 spiro atoms. The van der Waals surface area contributed by atoms with Crippen LogP contribution in [0.5, 0.6) is 0 Å². The van der Waals surface area contributed by atoms with Gasteiger partial charge in [0.25, 0.3) is 5.91 Å². The van der Waals surface area contributed by atoms with E-state index in [1.165, 1.54) is 36.7 Å². The van der Waals surface area contributed by atoms with Crippen molar-refractivity contribution in [3.63, 3.8) is 0 Å². The largest absolute Gasteiger partial charge is 0.446 e. The normalized spacial score (nSPS) is 15.7. The van der Waals surface area contributed by atoms with Crippen molar-refractivity contribution in [1.82, 2.24) is 9.97 Å². The zero-order chi connectivity index (χ0) is 24.3. The summed E-state index contributed by atoms with van der Waals surface area (Å²) in [5.74, 6) is 0.0564. The molecule has 34 heavy (non-hydrogen) atoms. The van der Waals surface area contributed by atoms with Gasteiger partial charge in [-0.3, -0.25) is 9.78 Å². The number of nitriles is 1. The Morgan fingerprint density at radius 3 is 2.62 bits per heavy atom. The lowest BCUT2D eigenvalue weighted by Gasteiger charge is -2.21. The number of aromatic nitrogens is 2. The van der Waals surface area contributed by atoms with Crippen molar-refractivity contribution in [2.45, 2.75) is 22.9 Å². The highest BCUT2D eigenvalue weighted by Crippen LogP contribution is 2.37. The first-order chi connectivity index (χ1) is 16.2. The van der Waals surface area contributed by atoms with Gasteiger partial charge in [0.15, 0.2) is 0 Å². The average Bonchev–Trinajstić information content (AvgIpc) is 3.25. The molecule has 0 aliphatic carbocycles. The minimum atomic E-state index is -4.39. The maximum Gasteiger partial charge on any atom is 0.446 e. The topological polar surface area (TPSA) is 102 Å². The molecule has 1 aromatic carbocycles. The van der Waals surface area contributed by atoms with Crippen molar-refractivity contribution < 1.29 is 23.1 Å². The third kappa shape index (κ3) is 5.65. The molecule has 1 aliphatic rings. The number of alkyl halides is 3. The second-order valence-electron chi connectivity index (χ2n) is 7.58. The number of rotatable bonds is 5. The number of nitrogens with zero attached hydrogens (tertiary/aromatic N) is 4. The molecule has 1 atom stereocenters. The molecule has 2 N–H and O–H groups in total. The molecule has 0 unspecified atom stereocenters. The van der Waals surface area contributed by atoms with Gasteiger partial charge in [0.2, 0.25) is 0 Å². The number of anilines is 2. The smallest absolute Gasteiger partial charge is 0.391 e. The first-order valence-corrected chi connectivity index (χ1v) is 11.0. The van der Waals surface area contributed by atoms with Gasteiger partial charge in [-0.25, -0.2) is 4.98 Å². The second kappa shape index (κ2) is 9.70. The number of aliphatic hydroxyl groups excluding tert-OH is 1. The van der Waals surface area contributed by atoms with E-state index >= 15 is 0 Å². The highest BCUT2D eigenvalue weighted by molar-refractivity contribution is 8.00. The first-order valence-electron chi connectivity index (χ1n) is 10.2. The molecule has 1 fully saturated rings. The number of pyridine rings is 2. The van der Waals surface area contributed by atoms with Crippen LogP contribution in [0.25, 0.3) is 11.1 Å². The number of carbonyl (C=O) groups is 1. The number of thioether (sulfide) groups is 1. The minimum Gasteiger partial charge on any atom is -0.391 e. The lowest BCUT2D eigenvalue weighted by molar-refractivity contribution is -0.0328. The van der Waals surface area contributed by atoms with Gasteiger partial charge in [0.1, 0.15) is 11.9 Å². The molecule has 1 aliphatic heterocycles. The number of hydrogen-bond donors (Lipinski definition) is 2. The highest BCUT2D eigenvalue weighted by atomic mass is 32.2. The van der Waals surface area contributed by atoms with Crippen LogP contribution in [-0.4, -0.2) is 45.7 Å². The quantitative estimate of drug-likeness (QED) is 0.515. The van der Waals surface area contributed by atoms with Crippen molar-refractivity contribution in [3.05, 3.63) is 66.1 Å². The zero-order valence-corrected chi connectivity index (χ0v) is 18.4. The van der Waals surface area contributed by atoms with E-state index in [2.05, 4.69) is 15.3 Å². The Morgan fingerprint density at radius 1 is 1.21 bits per heavy atom. The van der Waals surface area contributed by atoms with Crippen LogP contribution in [0.2, 0.25) is 0 Å². The summed E-state index contributed by atoms with van der Waals surface area (Å²) in [6.45, 7) is 0.972. The third-order valence-corrected chi connectivity index (χ3v) is 5.86. The highest BCUT2D eigenvalue weighted by Gasteiger charge is 2.29. The summed E-state index contributed by atoms with van der Waals surface area (Å²) in [4.78, 5) is 23.3. The predicted molar refractivity (Wildman–Crippen MR) is 121 cm³/mol. The molecule has 0 saturated carbocycles. The summed E-state index contributed by atoms with van der Waals surface area (Å²) in [5.41, 5.74) is -2.34. The van der Waals surface area contributed by atoms with Gasteiger partial charge < -0.3 is 15.3 Å². The monoisotopic (exact) mass is 485 g/mol. The number of benzene rings is 1. The van der Waals surface area contributed by atoms with Crippen molar-refractivity contribution in [1.29, 1.82) is 5.26 Å². The Bertz CT molecular complexity index is 1240. The van der Waals surface area contributed by atoms with E-state index in [-0.39, 0.29) is 22.2 Å².